The van der Waals surface area contributed by atoms with Gasteiger partial charge in [0.05, 0.1) is 13.2 Å². The number of rotatable bonds is 5. The third-order valence-corrected chi connectivity index (χ3v) is 2.05. The van der Waals surface area contributed by atoms with E-state index in [4.69, 9.17) is 4.74 Å². The predicted molar refractivity (Wildman–Crippen MR) is 62.8 cm³/mol. The highest BCUT2D eigenvalue weighted by molar-refractivity contribution is 5.71. The second kappa shape index (κ2) is 6.11. The summed E-state index contributed by atoms with van der Waals surface area (Å²) in [6.45, 7) is 14.3. The Morgan fingerprint density at radius 3 is 2.20 bits per heavy atom. The van der Waals surface area contributed by atoms with Crippen molar-refractivity contribution >= 4 is 5.97 Å². The van der Waals surface area contributed by atoms with Crippen molar-refractivity contribution in [2.24, 2.45) is 5.41 Å². The number of carbonyl (C=O) groups is 1. The fourth-order valence-corrected chi connectivity index (χ4v) is 1.40. The van der Waals surface area contributed by atoms with Crippen molar-refractivity contribution < 1.29 is 9.53 Å². The van der Waals surface area contributed by atoms with E-state index in [1.54, 1.807) is 0 Å². The number of nitrogens with zero attached hydrogens (tertiary/aromatic N) is 1. The standard InChI is InChI=1S/C12H25NO2/c1-7-15-11(14)8-13(10(2)3)9-12(4,5)6/h10H,7-9H2,1-6H3. The lowest BCUT2D eigenvalue weighted by Gasteiger charge is -2.32. The molecule has 0 aliphatic rings. The normalized spacial score (nSPS) is 12.3. The second-order valence-electron chi connectivity index (χ2n) is 5.36. The number of hydrogen-bond donors (Lipinski definition) is 0. The van der Waals surface area contributed by atoms with Crippen LogP contribution in [0, 0.1) is 5.41 Å². The maximum atomic E-state index is 11.4. The molecule has 0 atom stereocenters. The van der Waals surface area contributed by atoms with Crippen molar-refractivity contribution in [2.75, 3.05) is 19.7 Å². The average molecular weight is 215 g/mol. The summed E-state index contributed by atoms with van der Waals surface area (Å²) in [5.74, 6) is -0.129. The summed E-state index contributed by atoms with van der Waals surface area (Å²) in [7, 11) is 0. The van der Waals surface area contributed by atoms with Crippen molar-refractivity contribution in [1.82, 2.24) is 4.90 Å². The van der Waals surface area contributed by atoms with Gasteiger partial charge in [0.25, 0.3) is 0 Å². The molecular formula is C12H25NO2. The van der Waals surface area contributed by atoms with Gasteiger partial charge in [-0.15, -0.1) is 0 Å². The molecule has 0 aliphatic heterocycles. The zero-order chi connectivity index (χ0) is 12.1. The summed E-state index contributed by atoms with van der Waals surface area (Å²) in [4.78, 5) is 13.5. The van der Waals surface area contributed by atoms with E-state index in [9.17, 15) is 4.79 Å². The van der Waals surface area contributed by atoms with Crippen LogP contribution in [-0.4, -0.2) is 36.6 Å². The highest BCUT2D eigenvalue weighted by Crippen LogP contribution is 2.16. The van der Waals surface area contributed by atoms with E-state index in [-0.39, 0.29) is 11.4 Å². The Morgan fingerprint density at radius 1 is 1.33 bits per heavy atom. The molecule has 3 nitrogen and oxygen atoms in total. The highest BCUT2D eigenvalue weighted by Gasteiger charge is 2.21. The molecule has 0 aliphatic carbocycles. The number of hydrogen-bond acceptors (Lipinski definition) is 3. The van der Waals surface area contributed by atoms with Gasteiger partial charge >= 0.3 is 5.97 Å². The maximum absolute atomic E-state index is 11.4. The third-order valence-electron chi connectivity index (χ3n) is 2.05. The minimum Gasteiger partial charge on any atom is -0.465 e. The third kappa shape index (κ3) is 7.37. The lowest BCUT2D eigenvalue weighted by Crippen LogP contribution is -2.41. The fourth-order valence-electron chi connectivity index (χ4n) is 1.40. The Balaban J connectivity index is 4.23. The van der Waals surface area contributed by atoms with Gasteiger partial charge in [-0.05, 0) is 26.2 Å². The minimum atomic E-state index is -0.129. The summed E-state index contributed by atoms with van der Waals surface area (Å²) < 4.78 is 4.96. The monoisotopic (exact) mass is 215 g/mol. The van der Waals surface area contributed by atoms with Gasteiger partial charge in [0.2, 0.25) is 0 Å². The molecule has 0 amide bonds. The fraction of sp³-hybridized carbons (Fsp3) is 0.917. The van der Waals surface area contributed by atoms with Gasteiger partial charge in [0.15, 0.2) is 0 Å². The molecule has 0 aromatic carbocycles. The molecule has 90 valence electrons. The van der Waals surface area contributed by atoms with E-state index in [0.717, 1.165) is 6.54 Å². The molecule has 0 unspecified atom stereocenters. The van der Waals surface area contributed by atoms with E-state index in [1.165, 1.54) is 0 Å². The van der Waals surface area contributed by atoms with Crippen LogP contribution < -0.4 is 0 Å². The molecule has 0 bridgehead atoms. The van der Waals surface area contributed by atoms with E-state index in [1.807, 2.05) is 6.92 Å². The van der Waals surface area contributed by atoms with Crippen LogP contribution in [0.3, 0.4) is 0 Å². The molecule has 0 saturated carbocycles. The molecule has 0 fully saturated rings. The molecular weight excluding hydrogens is 190 g/mol. The Bertz CT molecular complexity index is 194. The summed E-state index contributed by atoms with van der Waals surface area (Å²) >= 11 is 0. The summed E-state index contributed by atoms with van der Waals surface area (Å²) in [6, 6.07) is 0.369. The van der Waals surface area contributed by atoms with Crippen LogP contribution in [-0.2, 0) is 9.53 Å². The molecule has 3 heteroatoms. The molecule has 15 heavy (non-hydrogen) atoms. The first kappa shape index (κ1) is 14.4. The molecule has 0 rings (SSSR count). The van der Waals surface area contributed by atoms with Crippen LogP contribution in [0.5, 0.6) is 0 Å². The van der Waals surface area contributed by atoms with Crippen LogP contribution in [0.2, 0.25) is 0 Å². The zero-order valence-electron chi connectivity index (χ0n) is 11.0. The quantitative estimate of drug-likeness (QED) is 0.659. The Morgan fingerprint density at radius 2 is 1.87 bits per heavy atom. The van der Waals surface area contributed by atoms with Crippen LogP contribution in [0.1, 0.15) is 41.5 Å². The van der Waals surface area contributed by atoms with Crippen molar-refractivity contribution in [2.45, 2.75) is 47.6 Å². The maximum Gasteiger partial charge on any atom is 0.320 e. The largest absolute Gasteiger partial charge is 0.465 e. The molecule has 0 N–H and O–H groups in total. The lowest BCUT2D eigenvalue weighted by molar-refractivity contribution is -0.145. The first-order valence-electron chi connectivity index (χ1n) is 5.66. The summed E-state index contributed by atoms with van der Waals surface area (Å²) in [5, 5.41) is 0. The van der Waals surface area contributed by atoms with Gasteiger partial charge in [-0.25, -0.2) is 0 Å². The van der Waals surface area contributed by atoms with Crippen molar-refractivity contribution in [3.63, 3.8) is 0 Å². The lowest BCUT2D eigenvalue weighted by atomic mass is 9.95. The van der Waals surface area contributed by atoms with E-state index >= 15 is 0 Å². The smallest absolute Gasteiger partial charge is 0.320 e. The van der Waals surface area contributed by atoms with Gasteiger partial charge in [-0.2, -0.15) is 0 Å². The van der Waals surface area contributed by atoms with Gasteiger partial charge in [-0.1, -0.05) is 20.8 Å². The highest BCUT2D eigenvalue weighted by atomic mass is 16.5. The van der Waals surface area contributed by atoms with E-state index in [0.29, 0.717) is 19.2 Å². The summed E-state index contributed by atoms with van der Waals surface area (Å²) in [6.07, 6.45) is 0. The molecule has 0 aromatic heterocycles. The van der Waals surface area contributed by atoms with Crippen LogP contribution in [0.4, 0.5) is 0 Å². The summed E-state index contributed by atoms with van der Waals surface area (Å²) in [5.41, 5.74) is 0.205. The Labute approximate surface area is 93.8 Å². The predicted octanol–water partition coefficient (Wildman–Crippen LogP) is 2.31. The number of carbonyl (C=O) groups excluding carboxylic acids is 1. The Kier molecular flexibility index (Phi) is 5.88. The zero-order valence-corrected chi connectivity index (χ0v) is 11.0. The average Bonchev–Trinajstić information content (AvgIpc) is 2.00. The molecule has 0 spiro atoms. The topological polar surface area (TPSA) is 29.5 Å². The van der Waals surface area contributed by atoms with E-state index in [2.05, 4.69) is 39.5 Å². The number of ether oxygens (including phenoxy) is 1. The van der Waals surface area contributed by atoms with Gasteiger partial charge < -0.3 is 4.74 Å². The van der Waals surface area contributed by atoms with Crippen molar-refractivity contribution in [3.05, 3.63) is 0 Å². The number of esters is 1. The first-order valence-corrected chi connectivity index (χ1v) is 5.66. The first-order chi connectivity index (χ1) is 6.76. The Hall–Kier alpha value is -0.570. The van der Waals surface area contributed by atoms with Gasteiger partial charge in [-0.3, -0.25) is 9.69 Å². The van der Waals surface area contributed by atoms with Crippen LogP contribution >= 0.6 is 0 Å². The molecule has 0 heterocycles. The molecule has 0 aromatic rings. The minimum absolute atomic E-state index is 0.129. The van der Waals surface area contributed by atoms with Crippen molar-refractivity contribution in [1.29, 1.82) is 0 Å². The van der Waals surface area contributed by atoms with Crippen LogP contribution in [0.15, 0.2) is 0 Å². The van der Waals surface area contributed by atoms with Crippen molar-refractivity contribution in [3.8, 4) is 0 Å². The van der Waals surface area contributed by atoms with E-state index < -0.39 is 0 Å². The molecule has 0 saturated heterocycles. The second-order valence-corrected chi connectivity index (χ2v) is 5.36. The van der Waals surface area contributed by atoms with Gasteiger partial charge in [0.1, 0.15) is 0 Å². The molecule has 0 radical (unpaired) electrons. The van der Waals surface area contributed by atoms with Crippen LogP contribution in [0.25, 0.3) is 0 Å². The SMILES string of the molecule is CCOC(=O)CN(CC(C)(C)C)C(C)C. The van der Waals surface area contributed by atoms with Gasteiger partial charge in [0, 0.05) is 12.6 Å².